The van der Waals surface area contributed by atoms with Crippen LogP contribution in [-0.2, 0) is 15.9 Å². The van der Waals surface area contributed by atoms with Crippen molar-refractivity contribution in [2.75, 3.05) is 26.9 Å². The number of halogens is 2. The van der Waals surface area contributed by atoms with E-state index in [1.807, 2.05) is 6.92 Å². The molecule has 0 saturated carbocycles. The van der Waals surface area contributed by atoms with Gasteiger partial charge in [-0.3, -0.25) is 0 Å². The van der Waals surface area contributed by atoms with Crippen LogP contribution in [0.2, 0.25) is 5.02 Å². The number of likely N-dealkylation sites (N-methyl/N-ethyl adjacent to an activating group) is 1. The highest BCUT2D eigenvalue weighted by Gasteiger charge is 2.40. The fourth-order valence-corrected chi connectivity index (χ4v) is 3.22. The second-order valence-electron chi connectivity index (χ2n) is 5.43. The molecule has 0 aliphatic carbocycles. The van der Waals surface area contributed by atoms with E-state index in [2.05, 4.69) is 5.32 Å². The molecular weight excluding hydrogens is 293 g/mol. The average molecular weight is 316 g/mol. The lowest BCUT2D eigenvalue weighted by Crippen LogP contribution is -2.56. The van der Waals surface area contributed by atoms with Gasteiger partial charge < -0.3 is 14.8 Å². The fourth-order valence-electron chi connectivity index (χ4n) is 3.02. The van der Waals surface area contributed by atoms with E-state index in [1.165, 1.54) is 6.07 Å². The molecule has 1 unspecified atom stereocenters. The number of hydrogen-bond acceptors (Lipinski definition) is 3. The topological polar surface area (TPSA) is 30.5 Å². The van der Waals surface area contributed by atoms with Crippen LogP contribution in [0.1, 0.15) is 25.3 Å². The van der Waals surface area contributed by atoms with E-state index in [4.69, 9.17) is 21.1 Å². The van der Waals surface area contributed by atoms with Crippen molar-refractivity contribution in [3.63, 3.8) is 0 Å². The van der Waals surface area contributed by atoms with Gasteiger partial charge in [0.25, 0.3) is 0 Å². The van der Waals surface area contributed by atoms with Crippen molar-refractivity contribution in [3.8, 4) is 0 Å². The molecule has 3 nitrogen and oxygen atoms in total. The number of rotatable bonds is 6. The Morgan fingerprint density at radius 2 is 2.14 bits per heavy atom. The van der Waals surface area contributed by atoms with Crippen LogP contribution in [0.5, 0.6) is 0 Å². The van der Waals surface area contributed by atoms with Gasteiger partial charge in [-0.1, -0.05) is 18.5 Å². The Labute approximate surface area is 130 Å². The van der Waals surface area contributed by atoms with Crippen molar-refractivity contribution in [2.45, 2.75) is 37.8 Å². The van der Waals surface area contributed by atoms with Crippen LogP contribution in [0.4, 0.5) is 4.39 Å². The first kappa shape index (κ1) is 16.7. The summed E-state index contributed by atoms with van der Waals surface area (Å²) in [5, 5.41) is 4.00. The standard InChI is InChI=1S/C16H23ClFNO2/c1-3-19-15(16(20-2)6-8-21-9-7-16)11-12-10-13(17)4-5-14(12)18/h4-5,10,15,19H,3,6-9,11H2,1-2H3. The van der Waals surface area contributed by atoms with Crippen LogP contribution in [0.3, 0.4) is 0 Å². The summed E-state index contributed by atoms with van der Waals surface area (Å²) in [4.78, 5) is 0. The summed E-state index contributed by atoms with van der Waals surface area (Å²) in [5.74, 6) is -0.222. The van der Waals surface area contributed by atoms with Gasteiger partial charge in [-0.15, -0.1) is 0 Å². The number of ether oxygens (including phenoxy) is 2. The maximum Gasteiger partial charge on any atom is 0.126 e. The fraction of sp³-hybridized carbons (Fsp3) is 0.625. The summed E-state index contributed by atoms with van der Waals surface area (Å²) in [5.41, 5.74) is 0.305. The molecule has 5 heteroatoms. The smallest absolute Gasteiger partial charge is 0.126 e. The molecule has 1 aromatic rings. The molecule has 1 aromatic carbocycles. The van der Waals surface area contributed by atoms with E-state index in [-0.39, 0.29) is 17.5 Å². The van der Waals surface area contributed by atoms with E-state index in [9.17, 15) is 4.39 Å². The number of benzene rings is 1. The van der Waals surface area contributed by atoms with Crippen molar-refractivity contribution in [3.05, 3.63) is 34.6 Å². The Hall–Kier alpha value is -0.680. The molecular formula is C16H23ClFNO2. The van der Waals surface area contributed by atoms with Crippen molar-refractivity contribution >= 4 is 11.6 Å². The first-order chi connectivity index (χ1) is 10.1. The Morgan fingerprint density at radius 3 is 2.76 bits per heavy atom. The zero-order valence-corrected chi connectivity index (χ0v) is 13.4. The Bertz CT molecular complexity index is 464. The molecule has 118 valence electrons. The minimum atomic E-state index is -0.316. The second kappa shape index (κ2) is 7.54. The zero-order chi connectivity index (χ0) is 15.3. The second-order valence-corrected chi connectivity index (χ2v) is 5.87. The highest BCUT2D eigenvalue weighted by atomic mass is 35.5. The van der Waals surface area contributed by atoms with Crippen molar-refractivity contribution in [2.24, 2.45) is 0 Å². The van der Waals surface area contributed by atoms with Crippen LogP contribution in [0.15, 0.2) is 18.2 Å². The first-order valence-corrected chi connectivity index (χ1v) is 7.79. The molecule has 0 amide bonds. The number of hydrogen-bond donors (Lipinski definition) is 1. The van der Waals surface area contributed by atoms with Crippen LogP contribution < -0.4 is 5.32 Å². The van der Waals surface area contributed by atoms with Crippen LogP contribution in [0.25, 0.3) is 0 Å². The highest BCUT2D eigenvalue weighted by Crippen LogP contribution is 2.31. The van der Waals surface area contributed by atoms with Gasteiger partial charge in [-0.2, -0.15) is 0 Å². The lowest BCUT2D eigenvalue weighted by atomic mass is 9.82. The highest BCUT2D eigenvalue weighted by molar-refractivity contribution is 6.30. The van der Waals surface area contributed by atoms with Gasteiger partial charge in [0.1, 0.15) is 5.82 Å². The van der Waals surface area contributed by atoms with Gasteiger partial charge in [0.2, 0.25) is 0 Å². The van der Waals surface area contributed by atoms with Gasteiger partial charge in [0.05, 0.1) is 5.60 Å². The lowest BCUT2D eigenvalue weighted by Gasteiger charge is -2.42. The molecule has 0 spiro atoms. The molecule has 1 atom stereocenters. The molecule has 0 radical (unpaired) electrons. The third-order valence-electron chi connectivity index (χ3n) is 4.26. The largest absolute Gasteiger partial charge is 0.381 e. The molecule has 2 rings (SSSR count). The maximum absolute atomic E-state index is 14.0. The van der Waals surface area contributed by atoms with Gasteiger partial charge in [0.15, 0.2) is 0 Å². The predicted octanol–water partition coefficient (Wildman–Crippen LogP) is 3.20. The monoisotopic (exact) mass is 315 g/mol. The molecule has 1 N–H and O–H groups in total. The third-order valence-corrected chi connectivity index (χ3v) is 4.50. The van der Waals surface area contributed by atoms with E-state index in [1.54, 1.807) is 19.2 Å². The molecule has 1 saturated heterocycles. The quantitative estimate of drug-likeness (QED) is 0.874. The summed E-state index contributed by atoms with van der Waals surface area (Å²) in [6.07, 6.45) is 2.17. The van der Waals surface area contributed by atoms with Gasteiger partial charge in [-0.05, 0) is 36.7 Å². The molecule has 1 aliphatic rings. The molecule has 21 heavy (non-hydrogen) atoms. The van der Waals surface area contributed by atoms with Crippen LogP contribution >= 0.6 is 11.6 Å². The summed E-state index contributed by atoms with van der Waals surface area (Å²) >= 11 is 5.99. The van der Waals surface area contributed by atoms with Gasteiger partial charge >= 0.3 is 0 Å². The van der Waals surface area contributed by atoms with Crippen LogP contribution in [-0.4, -0.2) is 38.5 Å². The zero-order valence-electron chi connectivity index (χ0n) is 12.6. The Balaban J connectivity index is 2.23. The maximum atomic E-state index is 14.0. The first-order valence-electron chi connectivity index (χ1n) is 7.41. The normalized spacial score (nSPS) is 19.4. The van der Waals surface area contributed by atoms with Gasteiger partial charge in [0, 0.05) is 44.2 Å². The van der Waals surface area contributed by atoms with Crippen molar-refractivity contribution in [1.82, 2.24) is 5.32 Å². The Kier molecular flexibility index (Phi) is 5.99. The number of methoxy groups -OCH3 is 1. The summed E-state index contributed by atoms with van der Waals surface area (Å²) < 4.78 is 25.3. The molecule has 1 heterocycles. The van der Waals surface area contributed by atoms with E-state index < -0.39 is 0 Å². The summed E-state index contributed by atoms with van der Waals surface area (Å²) in [6.45, 7) is 4.20. The van der Waals surface area contributed by atoms with Crippen LogP contribution in [0, 0.1) is 5.82 Å². The Morgan fingerprint density at radius 1 is 1.43 bits per heavy atom. The van der Waals surface area contributed by atoms with E-state index in [0.29, 0.717) is 30.2 Å². The summed E-state index contributed by atoms with van der Waals surface area (Å²) in [7, 11) is 1.73. The molecule has 0 bridgehead atoms. The van der Waals surface area contributed by atoms with Gasteiger partial charge in [-0.25, -0.2) is 4.39 Å². The average Bonchev–Trinajstić information content (AvgIpc) is 2.51. The minimum Gasteiger partial charge on any atom is -0.381 e. The summed E-state index contributed by atoms with van der Waals surface area (Å²) in [6, 6.07) is 4.72. The predicted molar refractivity (Wildman–Crippen MR) is 82.4 cm³/mol. The molecule has 1 aliphatic heterocycles. The van der Waals surface area contributed by atoms with E-state index in [0.717, 1.165) is 19.4 Å². The SMILES string of the molecule is CCNC(Cc1cc(Cl)ccc1F)C1(OC)CCOCC1. The third kappa shape index (κ3) is 3.95. The van der Waals surface area contributed by atoms with E-state index >= 15 is 0 Å². The van der Waals surface area contributed by atoms with Crippen molar-refractivity contribution in [1.29, 1.82) is 0 Å². The van der Waals surface area contributed by atoms with Crippen molar-refractivity contribution < 1.29 is 13.9 Å². The number of nitrogens with one attached hydrogen (secondary N) is 1. The minimum absolute atomic E-state index is 0.0318. The molecule has 1 fully saturated rings. The lowest BCUT2D eigenvalue weighted by molar-refractivity contribution is -0.110. The molecule has 0 aromatic heterocycles.